The Kier molecular flexibility index (Phi) is 6.00. The summed E-state index contributed by atoms with van der Waals surface area (Å²) in [5, 5.41) is 10.2. The SMILES string of the molecule is CCOC(=O)C1=C(CCl)OC(N)=C(C#N)[C@H]1c1ccc(Cl)cc1Cl. The third-order valence-corrected chi connectivity index (χ3v) is 4.19. The van der Waals surface area contributed by atoms with Gasteiger partial charge in [-0.3, -0.25) is 0 Å². The second-order valence-electron chi connectivity index (χ2n) is 4.78. The van der Waals surface area contributed by atoms with Crippen LogP contribution in [0.2, 0.25) is 10.0 Å². The Bertz CT molecular complexity index is 781. The number of carbonyl (C=O) groups excluding carboxylic acids is 1. The highest BCUT2D eigenvalue weighted by Crippen LogP contribution is 2.42. The molecule has 126 valence electrons. The zero-order chi connectivity index (χ0) is 17.9. The minimum absolute atomic E-state index is 0.0520. The fourth-order valence-electron chi connectivity index (χ4n) is 2.40. The molecule has 5 nitrogen and oxygen atoms in total. The second kappa shape index (κ2) is 7.80. The number of halogens is 3. The predicted molar refractivity (Wildman–Crippen MR) is 91.5 cm³/mol. The molecule has 0 saturated carbocycles. The Hall–Kier alpha value is -1.87. The first-order valence-electron chi connectivity index (χ1n) is 6.93. The quantitative estimate of drug-likeness (QED) is 0.626. The van der Waals surface area contributed by atoms with Crippen molar-refractivity contribution in [3.05, 3.63) is 56.6 Å². The van der Waals surface area contributed by atoms with Crippen LogP contribution < -0.4 is 5.73 Å². The van der Waals surface area contributed by atoms with Gasteiger partial charge in [-0.1, -0.05) is 29.3 Å². The fourth-order valence-corrected chi connectivity index (χ4v) is 3.11. The number of nitrogens with zero attached hydrogens (tertiary/aromatic N) is 1. The molecule has 0 amide bonds. The summed E-state index contributed by atoms with van der Waals surface area (Å²) in [5.41, 5.74) is 6.45. The molecule has 1 aromatic rings. The van der Waals surface area contributed by atoms with E-state index in [-0.39, 0.29) is 40.3 Å². The summed E-state index contributed by atoms with van der Waals surface area (Å²) < 4.78 is 10.4. The number of hydrogen-bond donors (Lipinski definition) is 1. The van der Waals surface area contributed by atoms with Crippen molar-refractivity contribution in [2.75, 3.05) is 12.5 Å². The normalized spacial score (nSPS) is 17.4. The van der Waals surface area contributed by atoms with Crippen LogP contribution in [-0.4, -0.2) is 18.5 Å². The molecule has 1 aliphatic rings. The van der Waals surface area contributed by atoms with E-state index in [0.717, 1.165) is 0 Å². The molecule has 8 heteroatoms. The van der Waals surface area contributed by atoms with Gasteiger partial charge in [0.1, 0.15) is 17.4 Å². The topological polar surface area (TPSA) is 85.3 Å². The summed E-state index contributed by atoms with van der Waals surface area (Å²) in [6.07, 6.45) is 0. The highest BCUT2D eigenvalue weighted by molar-refractivity contribution is 6.35. The molecule has 1 atom stereocenters. The number of benzene rings is 1. The van der Waals surface area contributed by atoms with Gasteiger partial charge in [0.2, 0.25) is 5.88 Å². The molecule has 1 aliphatic heterocycles. The van der Waals surface area contributed by atoms with Gasteiger partial charge in [0.25, 0.3) is 0 Å². The van der Waals surface area contributed by atoms with E-state index in [1.54, 1.807) is 19.1 Å². The summed E-state index contributed by atoms with van der Waals surface area (Å²) in [7, 11) is 0. The zero-order valence-corrected chi connectivity index (χ0v) is 14.9. The molecule has 0 radical (unpaired) electrons. The molecule has 1 aromatic carbocycles. The first kappa shape index (κ1) is 18.5. The van der Waals surface area contributed by atoms with Crippen LogP contribution in [0, 0.1) is 11.3 Å². The van der Waals surface area contributed by atoms with E-state index in [1.165, 1.54) is 6.07 Å². The highest BCUT2D eigenvalue weighted by Gasteiger charge is 2.38. The van der Waals surface area contributed by atoms with E-state index in [1.807, 2.05) is 6.07 Å². The predicted octanol–water partition coefficient (Wildman–Crippen LogP) is 3.86. The highest BCUT2D eigenvalue weighted by atomic mass is 35.5. The molecule has 0 fully saturated rings. The van der Waals surface area contributed by atoms with Gasteiger partial charge in [-0.2, -0.15) is 5.26 Å². The van der Waals surface area contributed by atoms with Gasteiger partial charge >= 0.3 is 5.97 Å². The minimum atomic E-state index is -0.846. The molecule has 24 heavy (non-hydrogen) atoms. The largest absolute Gasteiger partial charge is 0.463 e. The Morgan fingerprint density at radius 2 is 2.17 bits per heavy atom. The number of nitrogens with two attached hydrogens (primary N) is 1. The first-order chi connectivity index (χ1) is 11.4. The van der Waals surface area contributed by atoms with E-state index in [4.69, 9.17) is 50.0 Å². The third kappa shape index (κ3) is 3.46. The van der Waals surface area contributed by atoms with Gasteiger partial charge in [-0.25, -0.2) is 4.79 Å². The standard InChI is InChI=1S/C16H13Cl3N2O3/c1-2-23-16(22)14-12(6-17)24-15(21)10(7-20)13(14)9-4-3-8(18)5-11(9)19/h3-5,13H,2,6,21H2,1H3/t13-/m1/s1. The maximum absolute atomic E-state index is 12.4. The Labute approximate surface area is 154 Å². The Balaban J connectivity index is 2.71. The van der Waals surface area contributed by atoms with Crippen molar-refractivity contribution >= 4 is 40.8 Å². The number of rotatable bonds is 4. The maximum Gasteiger partial charge on any atom is 0.338 e. The summed E-state index contributed by atoms with van der Waals surface area (Å²) >= 11 is 18.1. The van der Waals surface area contributed by atoms with Gasteiger partial charge in [-0.05, 0) is 24.6 Å². The monoisotopic (exact) mass is 386 g/mol. The van der Waals surface area contributed by atoms with Crippen LogP contribution in [0.3, 0.4) is 0 Å². The Morgan fingerprint density at radius 3 is 2.71 bits per heavy atom. The van der Waals surface area contributed by atoms with E-state index < -0.39 is 11.9 Å². The smallest absolute Gasteiger partial charge is 0.338 e. The zero-order valence-electron chi connectivity index (χ0n) is 12.6. The van der Waals surface area contributed by atoms with Crippen molar-refractivity contribution in [1.29, 1.82) is 5.26 Å². The van der Waals surface area contributed by atoms with Gasteiger partial charge in [0, 0.05) is 10.0 Å². The number of alkyl halides is 1. The lowest BCUT2D eigenvalue weighted by Crippen LogP contribution is -2.27. The third-order valence-electron chi connectivity index (χ3n) is 3.39. The van der Waals surface area contributed by atoms with Crippen molar-refractivity contribution < 1.29 is 14.3 Å². The molecule has 0 spiro atoms. The van der Waals surface area contributed by atoms with Gasteiger partial charge in [0.15, 0.2) is 0 Å². The number of hydrogen-bond acceptors (Lipinski definition) is 5. The van der Waals surface area contributed by atoms with Crippen molar-refractivity contribution in [3.8, 4) is 6.07 Å². The van der Waals surface area contributed by atoms with Crippen LogP contribution in [0.4, 0.5) is 0 Å². The lowest BCUT2D eigenvalue weighted by atomic mass is 9.83. The summed E-state index contributed by atoms with van der Waals surface area (Å²) in [6, 6.07) is 6.71. The van der Waals surface area contributed by atoms with E-state index >= 15 is 0 Å². The number of carbonyl (C=O) groups is 1. The molecule has 0 aliphatic carbocycles. The number of allylic oxidation sites excluding steroid dienone is 2. The summed E-state index contributed by atoms with van der Waals surface area (Å²) in [5.74, 6) is -1.61. The summed E-state index contributed by atoms with van der Waals surface area (Å²) in [6.45, 7) is 1.82. The van der Waals surface area contributed by atoms with Crippen molar-refractivity contribution in [2.45, 2.75) is 12.8 Å². The molecular formula is C16H13Cl3N2O3. The van der Waals surface area contributed by atoms with Crippen LogP contribution in [0.1, 0.15) is 18.4 Å². The van der Waals surface area contributed by atoms with Crippen LogP contribution in [-0.2, 0) is 14.3 Å². The van der Waals surface area contributed by atoms with Crippen molar-refractivity contribution in [1.82, 2.24) is 0 Å². The van der Waals surface area contributed by atoms with Gasteiger partial charge in [0.05, 0.1) is 24.0 Å². The van der Waals surface area contributed by atoms with E-state index in [2.05, 4.69) is 0 Å². The molecule has 0 saturated heterocycles. The second-order valence-corrected chi connectivity index (χ2v) is 5.89. The molecule has 0 unspecified atom stereocenters. The molecule has 0 bridgehead atoms. The lowest BCUT2D eigenvalue weighted by Gasteiger charge is -2.28. The van der Waals surface area contributed by atoms with Crippen molar-refractivity contribution in [2.24, 2.45) is 5.73 Å². The number of nitriles is 1. The maximum atomic E-state index is 12.4. The molecule has 2 N–H and O–H groups in total. The average Bonchev–Trinajstić information content (AvgIpc) is 2.54. The molecule has 0 aromatic heterocycles. The molecule has 2 rings (SSSR count). The van der Waals surface area contributed by atoms with E-state index in [9.17, 15) is 10.1 Å². The van der Waals surface area contributed by atoms with Crippen LogP contribution >= 0.6 is 34.8 Å². The van der Waals surface area contributed by atoms with Crippen LogP contribution in [0.5, 0.6) is 0 Å². The molecular weight excluding hydrogens is 375 g/mol. The van der Waals surface area contributed by atoms with Gasteiger partial charge < -0.3 is 15.2 Å². The van der Waals surface area contributed by atoms with Crippen LogP contribution in [0.15, 0.2) is 41.0 Å². The number of ether oxygens (including phenoxy) is 2. The Morgan fingerprint density at radius 1 is 1.46 bits per heavy atom. The summed E-state index contributed by atoms with van der Waals surface area (Å²) in [4.78, 5) is 12.4. The molecule has 1 heterocycles. The first-order valence-corrected chi connectivity index (χ1v) is 8.22. The van der Waals surface area contributed by atoms with Gasteiger partial charge in [-0.15, -0.1) is 11.6 Å². The fraction of sp³-hybridized carbons (Fsp3) is 0.250. The minimum Gasteiger partial charge on any atom is -0.463 e. The average molecular weight is 388 g/mol. The lowest BCUT2D eigenvalue weighted by molar-refractivity contribution is -0.139. The van der Waals surface area contributed by atoms with E-state index in [0.29, 0.717) is 10.6 Å². The van der Waals surface area contributed by atoms with Crippen LogP contribution in [0.25, 0.3) is 0 Å². The van der Waals surface area contributed by atoms with Crippen molar-refractivity contribution in [3.63, 3.8) is 0 Å². The number of esters is 1.